The smallest absolute Gasteiger partial charge is 0.272 e. The molecule has 0 radical (unpaired) electrons. The second-order valence-electron chi connectivity index (χ2n) is 5.96. The SMILES string of the molecule is CN(C)C(=O)c1cc(NCC2(N(C)C)CCC2)ccn1. The molecular weight excluding hydrogens is 252 g/mol. The summed E-state index contributed by atoms with van der Waals surface area (Å²) in [4.78, 5) is 19.9. The highest BCUT2D eigenvalue weighted by Crippen LogP contribution is 2.36. The van der Waals surface area contributed by atoms with E-state index in [1.54, 1.807) is 25.2 Å². The number of amides is 1. The average molecular weight is 276 g/mol. The van der Waals surface area contributed by atoms with Gasteiger partial charge < -0.3 is 15.1 Å². The Labute approximate surface area is 121 Å². The Balaban J connectivity index is 2.03. The number of likely N-dealkylation sites (N-methyl/N-ethyl adjacent to an activating group) is 1. The van der Waals surface area contributed by atoms with Gasteiger partial charge in [0.25, 0.3) is 5.91 Å². The molecule has 110 valence electrons. The molecule has 0 aliphatic heterocycles. The van der Waals surface area contributed by atoms with Crippen LogP contribution >= 0.6 is 0 Å². The first-order valence-electron chi connectivity index (χ1n) is 7.04. The zero-order chi connectivity index (χ0) is 14.8. The lowest BCUT2D eigenvalue weighted by atomic mass is 9.75. The summed E-state index contributed by atoms with van der Waals surface area (Å²) < 4.78 is 0. The predicted octanol–water partition coefficient (Wildman–Crippen LogP) is 1.68. The molecule has 20 heavy (non-hydrogen) atoms. The Hall–Kier alpha value is -1.62. The third-order valence-electron chi connectivity index (χ3n) is 4.24. The minimum absolute atomic E-state index is 0.0698. The molecule has 1 saturated carbocycles. The molecule has 1 aliphatic carbocycles. The van der Waals surface area contributed by atoms with Crippen LogP contribution in [0.25, 0.3) is 0 Å². The van der Waals surface area contributed by atoms with Crippen LogP contribution in [0, 0.1) is 0 Å². The average Bonchev–Trinajstić information content (AvgIpc) is 2.36. The van der Waals surface area contributed by atoms with Gasteiger partial charge in [-0.3, -0.25) is 9.78 Å². The first-order chi connectivity index (χ1) is 9.44. The molecule has 1 aromatic rings. The molecule has 1 fully saturated rings. The van der Waals surface area contributed by atoms with Crippen molar-refractivity contribution < 1.29 is 4.79 Å². The van der Waals surface area contributed by atoms with Crippen LogP contribution in [0.3, 0.4) is 0 Å². The number of carbonyl (C=O) groups excluding carboxylic acids is 1. The molecule has 0 unspecified atom stereocenters. The molecule has 0 saturated heterocycles. The van der Waals surface area contributed by atoms with Crippen molar-refractivity contribution in [2.24, 2.45) is 0 Å². The van der Waals surface area contributed by atoms with Gasteiger partial charge in [-0.1, -0.05) is 0 Å². The molecule has 1 aliphatic rings. The van der Waals surface area contributed by atoms with Crippen LogP contribution in [-0.2, 0) is 0 Å². The molecule has 0 atom stereocenters. The Morgan fingerprint density at radius 1 is 1.35 bits per heavy atom. The molecule has 0 bridgehead atoms. The molecule has 1 aromatic heterocycles. The summed E-state index contributed by atoms with van der Waals surface area (Å²) in [7, 11) is 7.74. The zero-order valence-electron chi connectivity index (χ0n) is 12.8. The lowest BCUT2D eigenvalue weighted by Gasteiger charge is -2.47. The Bertz CT molecular complexity index is 481. The largest absolute Gasteiger partial charge is 0.383 e. The van der Waals surface area contributed by atoms with Crippen molar-refractivity contribution in [1.29, 1.82) is 0 Å². The number of hydrogen-bond donors (Lipinski definition) is 1. The van der Waals surface area contributed by atoms with E-state index in [-0.39, 0.29) is 11.4 Å². The van der Waals surface area contributed by atoms with Crippen LogP contribution in [-0.4, -0.2) is 61.0 Å². The number of hydrogen-bond acceptors (Lipinski definition) is 4. The fourth-order valence-electron chi connectivity index (χ4n) is 2.52. The van der Waals surface area contributed by atoms with Gasteiger partial charge in [0.15, 0.2) is 0 Å². The second-order valence-corrected chi connectivity index (χ2v) is 5.96. The first-order valence-corrected chi connectivity index (χ1v) is 7.04. The van der Waals surface area contributed by atoms with Crippen molar-refractivity contribution in [3.05, 3.63) is 24.0 Å². The minimum atomic E-state index is -0.0698. The molecule has 0 spiro atoms. The van der Waals surface area contributed by atoms with Crippen LogP contribution in [0.2, 0.25) is 0 Å². The summed E-state index contributed by atoms with van der Waals surface area (Å²) in [6, 6.07) is 3.73. The zero-order valence-corrected chi connectivity index (χ0v) is 12.8. The Kier molecular flexibility index (Phi) is 4.28. The van der Waals surface area contributed by atoms with Crippen LogP contribution in [0.4, 0.5) is 5.69 Å². The van der Waals surface area contributed by atoms with Crippen LogP contribution in [0.5, 0.6) is 0 Å². The molecule has 0 aromatic carbocycles. The fraction of sp³-hybridized carbons (Fsp3) is 0.600. The molecular formula is C15H24N4O. The van der Waals surface area contributed by atoms with Crippen molar-refractivity contribution in [1.82, 2.24) is 14.8 Å². The summed E-state index contributed by atoms with van der Waals surface area (Å²) in [6.45, 7) is 0.902. The van der Waals surface area contributed by atoms with E-state index in [2.05, 4.69) is 29.3 Å². The number of pyridine rings is 1. The molecule has 1 heterocycles. The third-order valence-corrected chi connectivity index (χ3v) is 4.24. The molecule has 2 rings (SSSR count). The minimum Gasteiger partial charge on any atom is -0.383 e. The summed E-state index contributed by atoms with van der Waals surface area (Å²) in [5, 5.41) is 3.45. The highest BCUT2D eigenvalue weighted by molar-refractivity contribution is 5.92. The van der Waals surface area contributed by atoms with Gasteiger partial charge in [-0.25, -0.2) is 0 Å². The summed E-state index contributed by atoms with van der Waals surface area (Å²) in [5.41, 5.74) is 1.69. The standard InChI is InChI=1S/C15H24N4O/c1-18(2)14(20)13-10-12(6-9-16-13)17-11-15(19(3)4)7-5-8-15/h6,9-10H,5,7-8,11H2,1-4H3,(H,16,17). The van der Waals surface area contributed by atoms with E-state index in [1.807, 2.05) is 12.1 Å². The maximum atomic E-state index is 11.9. The summed E-state index contributed by atoms with van der Waals surface area (Å²) >= 11 is 0. The van der Waals surface area contributed by atoms with E-state index in [9.17, 15) is 4.79 Å². The molecule has 1 amide bonds. The van der Waals surface area contributed by atoms with Crippen molar-refractivity contribution >= 4 is 11.6 Å². The topological polar surface area (TPSA) is 48.5 Å². The Morgan fingerprint density at radius 3 is 2.55 bits per heavy atom. The van der Waals surface area contributed by atoms with Crippen molar-refractivity contribution in [3.63, 3.8) is 0 Å². The van der Waals surface area contributed by atoms with Gasteiger partial charge in [-0.2, -0.15) is 0 Å². The van der Waals surface area contributed by atoms with Gasteiger partial charge in [0.1, 0.15) is 5.69 Å². The van der Waals surface area contributed by atoms with Crippen molar-refractivity contribution in [3.8, 4) is 0 Å². The van der Waals surface area contributed by atoms with Gasteiger partial charge in [0, 0.05) is 38.1 Å². The molecule has 5 heteroatoms. The number of nitrogens with zero attached hydrogens (tertiary/aromatic N) is 3. The first kappa shape index (κ1) is 14.8. The van der Waals surface area contributed by atoms with E-state index >= 15 is 0 Å². The van der Waals surface area contributed by atoms with Crippen LogP contribution < -0.4 is 5.32 Å². The quantitative estimate of drug-likeness (QED) is 0.889. The van der Waals surface area contributed by atoms with E-state index in [0.717, 1.165) is 12.2 Å². The number of anilines is 1. The number of rotatable bonds is 5. The fourth-order valence-corrected chi connectivity index (χ4v) is 2.52. The number of carbonyl (C=O) groups is 1. The normalized spacial score (nSPS) is 16.6. The van der Waals surface area contributed by atoms with Gasteiger partial charge in [0.2, 0.25) is 0 Å². The van der Waals surface area contributed by atoms with Crippen molar-refractivity contribution in [2.45, 2.75) is 24.8 Å². The van der Waals surface area contributed by atoms with E-state index in [1.165, 1.54) is 19.3 Å². The third kappa shape index (κ3) is 2.93. The van der Waals surface area contributed by atoms with Gasteiger partial charge in [-0.05, 0) is 45.5 Å². The number of nitrogens with one attached hydrogen (secondary N) is 1. The summed E-state index contributed by atoms with van der Waals surface area (Å²) in [6.07, 6.45) is 5.42. The Morgan fingerprint density at radius 2 is 2.05 bits per heavy atom. The monoisotopic (exact) mass is 276 g/mol. The van der Waals surface area contributed by atoms with Gasteiger partial charge in [0.05, 0.1) is 0 Å². The highest BCUT2D eigenvalue weighted by Gasteiger charge is 2.38. The van der Waals surface area contributed by atoms with Gasteiger partial charge in [-0.15, -0.1) is 0 Å². The lowest BCUT2D eigenvalue weighted by Crippen LogP contribution is -2.54. The van der Waals surface area contributed by atoms with E-state index in [4.69, 9.17) is 0 Å². The van der Waals surface area contributed by atoms with Crippen molar-refractivity contribution in [2.75, 3.05) is 40.1 Å². The lowest BCUT2D eigenvalue weighted by molar-refractivity contribution is 0.0739. The van der Waals surface area contributed by atoms with Gasteiger partial charge >= 0.3 is 0 Å². The molecule has 5 nitrogen and oxygen atoms in total. The highest BCUT2D eigenvalue weighted by atomic mass is 16.2. The molecule has 1 N–H and O–H groups in total. The second kappa shape index (κ2) is 5.79. The predicted molar refractivity (Wildman–Crippen MR) is 81.0 cm³/mol. The van der Waals surface area contributed by atoms with E-state index < -0.39 is 0 Å². The maximum Gasteiger partial charge on any atom is 0.272 e. The number of aromatic nitrogens is 1. The van der Waals surface area contributed by atoms with E-state index in [0.29, 0.717) is 5.69 Å². The summed E-state index contributed by atoms with van der Waals surface area (Å²) in [5.74, 6) is -0.0698. The van der Waals surface area contributed by atoms with Crippen LogP contribution in [0.1, 0.15) is 29.8 Å². The van der Waals surface area contributed by atoms with Crippen LogP contribution in [0.15, 0.2) is 18.3 Å². The maximum absolute atomic E-state index is 11.9.